The third-order valence-electron chi connectivity index (χ3n) is 4.09. The Hall–Kier alpha value is -2.10. The molecule has 0 spiro atoms. The standard InChI is InChI=1S/C18H17BrFN3O3S/c1-9-14-16(24)21-13(22-17(14)27-15(9)18(25)26-3)8-23(2)7-10-6-11(19)4-5-12(10)20/h4-6H,7-8H2,1-3H3,(H,21,22,24). The molecule has 0 fully saturated rings. The Labute approximate surface area is 167 Å². The molecule has 0 atom stereocenters. The highest BCUT2D eigenvalue weighted by molar-refractivity contribution is 9.10. The summed E-state index contributed by atoms with van der Waals surface area (Å²) < 4.78 is 19.5. The molecule has 3 aromatic rings. The first-order valence-corrected chi connectivity index (χ1v) is 9.64. The molecular weight excluding hydrogens is 437 g/mol. The number of benzene rings is 1. The van der Waals surface area contributed by atoms with Crippen LogP contribution < -0.4 is 5.56 Å². The molecule has 9 heteroatoms. The van der Waals surface area contributed by atoms with E-state index in [2.05, 4.69) is 25.9 Å². The summed E-state index contributed by atoms with van der Waals surface area (Å²) in [5.41, 5.74) is 0.794. The summed E-state index contributed by atoms with van der Waals surface area (Å²) in [4.78, 5) is 34.2. The van der Waals surface area contributed by atoms with Crippen LogP contribution >= 0.6 is 27.3 Å². The molecule has 142 valence electrons. The summed E-state index contributed by atoms with van der Waals surface area (Å²) in [7, 11) is 3.11. The van der Waals surface area contributed by atoms with Gasteiger partial charge in [-0.1, -0.05) is 15.9 Å². The zero-order chi connectivity index (χ0) is 19.7. The van der Waals surface area contributed by atoms with Crippen molar-refractivity contribution in [2.75, 3.05) is 14.2 Å². The first-order chi connectivity index (χ1) is 12.8. The predicted molar refractivity (Wildman–Crippen MR) is 106 cm³/mol. The molecule has 0 radical (unpaired) electrons. The Bertz CT molecular complexity index is 1080. The van der Waals surface area contributed by atoms with E-state index in [1.807, 2.05) is 11.9 Å². The molecule has 0 unspecified atom stereocenters. The smallest absolute Gasteiger partial charge is 0.348 e. The van der Waals surface area contributed by atoms with Gasteiger partial charge in [0.2, 0.25) is 0 Å². The van der Waals surface area contributed by atoms with E-state index < -0.39 is 5.97 Å². The Balaban J connectivity index is 1.88. The van der Waals surface area contributed by atoms with Crippen molar-refractivity contribution in [3.05, 3.63) is 60.7 Å². The van der Waals surface area contributed by atoms with Gasteiger partial charge in [0.1, 0.15) is 21.3 Å². The second-order valence-electron chi connectivity index (χ2n) is 6.15. The number of methoxy groups -OCH3 is 1. The number of esters is 1. The van der Waals surface area contributed by atoms with Crippen LogP contribution in [0.25, 0.3) is 10.2 Å². The molecule has 27 heavy (non-hydrogen) atoms. The Morgan fingerprint density at radius 3 is 2.85 bits per heavy atom. The minimum absolute atomic E-state index is 0.293. The predicted octanol–water partition coefficient (Wildman–Crippen LogP) is 3.61. The average Bonchev–Trinajstić information content (AvgIpc) is 2.94. The Morgan fingerprint density at radius 2 is 2.15 bits per heavy atom. The molecular formula is C18H17BrFN3O3S. The maximum absolute atomic E-state index is 13.9. The van der Waals surface area contributed by atoms with E-state index in [1.165, 1.54) is 13.2 Å². The summed E-state index contributed by atoms with van der Waals surface area (Å²) in [6.45, 7) is 2.37. The highest BCUT2D eigenvalue weighted by Gasteiger charge is 2.20. The third-order valence-corrected chi connectivity index (χ3v) is 5.75. The average molecular weight is 454 g/mol. The van der Waals surface area contributed by atoms with Crippen LogP contribution in [0.15, 0.2) is 27.5 Å². The molecule has 3 rings (SSSR count). The minimum Gasteiger partial charge on any atom is -0.465 e. The second-order valence-corrected chi connectivity index (χ2v) is 8.06. The van der Waals surface area contributed by atoms with Gasteiger partial charge in [0.25, 0.3) is 5.56 Å². The van der Waals surface area contributed by atoms with Crippen LogP contribution in [0.3, 0.4) is 0 Å². The van der Waals surface area contributed by atoms with Crippen LogP contribution in [-0.2, 0) is 17.8 Å². The van der Waals surface area contributed by atoms with Gasteiger partial charge in [0.05, 0.1) is 19.0 Å². The van der Waals surface area contributed by atoms with Gasteiger partial charge >= 0.3 is 5.97 Å². The molecule has 0 aliphatic rings. The number of hydrogen-bond donors (Lipinski definition) is 1. The van der Waals surface area contributed by atoms with E-state index in [4.69, 9.17) is 4.74 Å². The van der Waals surface area contributed by atoms with Gasteiger partial charge in [-0.05, 0) is 37.7 Å². The maximum atomic E-state index is 13.9. The largest absolute Gasteiger partial charge is 0.465 e. The lowest BCUT2D eigenvalue weighted by Crippen LogP contribution is -2.22. The number of aryl methyl sites for hydroxylation is 1. The van der Waals surface area contributed by atoms with Gasteiger partial charge in [-0.3, -0.25) is 9.69 Å². The number of thiophene rings is 1. The van der Waals surface area contributed by atoms with E-state index in [-0.39, 0.29) is 11.4 Å². The zero-order valence-electron chi connectivity index (χ0n) is 14.9. The molecule has 0 aliphatic carbocycles. The molecule has 2 heterocycles. The van der Waals surface area contributed by atoms with Crippen molar-refractivity contribution in [3.63, 3.8) is 0 Å². The van der Waals surface area contributed by atoms with Crippen molar-refractivity contribution in [3.8, 4) is 0 Å². The zero-order valence-corrected chi connectivity index (χ0v) is 17.3. The number of carbonyl (C=O) groups excluding carboxylic acids is 1. The molecule has 0 aliphatic heterocycles. The van der Waals surface area contributed by atoms with Gasteiger partial charge < -0.3 is 9.72 Å². The van der Waals surface area contributed by atoms with E-state index in [9.17, 15) is 14.0 Å². The van der Waals surface area contributed by atoms with Crippen molar-refractivity contribution < 1.29 is 13.9 Å². The number of nitrogens with zero attached hydrogens (tertiary/aromatic N) is 2. The van der Waals surface area contributed by atoms with Gasteiger partial charge in [-0.25, -0.2) is 14.2 Å². The van der Waals surface area contributed by atoms with Crippen LogP contribution in [0.5, 0.6) is 0 Å². The normalized spacial score (nSPS) is 11.3. The Morgan fingerprint density at radius 1 is 1.41 bits per heavy atom. The van der Waals surface area contributed by atoms with Crippen molar-refractivity contribution in [2.24, 2.45) is 0 Å². The second kappa shape index (κ2) is 7.87. The fourth-order valence-electron chi connectivity index (χ4n) is 2.82. The lowest BCUT2D eigenvalue weighted by atomic mass is 10.2. The summed E-state index contributed by atoms with van der Waals surface area (Å²) >= 11 is 4.46. The van der Waals surface area contributed by atoms with E-state index >= 15 is 0 Å². The van der Waals surface area contributed by atoms with Gasteiger partial charge in [-0.2, -0.15) is 0 Å². The molecule has 1 N–H and O–H groups in total. The van der Waals surface area contributed by atoms with Gasteiger partial charge in [-0.15, -0.1) is 11.3 Å². The molecule has 6 nitrogen and oxygen atoms in total. The van der Waals surface area contributed by atoms with E-state index in [0.29, 0.717) is 45.1 Å². The van der Waals surface area contributed by atoms with Crippen LogP contribution in [-0.4, -0.2) is 35.0 Å². The molecule has 0 bridgehead atoms. The van der Waals surface area contributed by atoms with Crippen LogP contribution in [0.4, 0.5) is 4.39 Å². The fourth-order valence-corrected chi connectivity index (χ4v) is 4.34. The Kier molecular flexibility index (Phi) is 5.73. The number of hydrogen-bond acceptors (Lipinski definition) is 6. The summed E-state index contributed by atoms with van der Waals surface area (Å²) in [5, 5.41) is 0.393. The molecule has 1 aromatic carbocycles. The number of rotatable bonds is 5. The van der Waals surface area contributed by atoms with Crippen molar-refractivity contribution in [1.82, 2.24) is 14.9 Å². The van der Waals surface area contributed by atoms with Crippen LogP contribution in [0.2, 0.25) is 0 Å². The maximum Gasteiger partial charge on any atom is 0.348 e. The number of aromatic nitrogens is 2. The topological polar surface area (TPSA) is 75.3 Å². The first-order valence-electron chi connectivity index (χ1n) is 8.03. The highest BCUT2D eigenvalue weighted by atomic mass is 79.9. The van der Waals surface area contributed by atoms with Crippen LogP contribution in [0.1, 0.15) is 26.6 Å². The SMILES string of the molecule is COC(=O)c1sc2nc(CN(C)Cc3cc(Br)ccc3F)[nH]c(=O)c2c1C. The number of nitrogens with one attached hydrogen (secondary N) is 1. The number of H-pyrrole nitrogens is 1. The minimum atomic E-state index is -0.487. The monoisotopic (exact) mass is 453 g/mol. The van der Waals surface area contributed by atoms with Gasteiger partial charge in [0, 0.05) is 16.6 Å². The first kappa shape index (κ1) is 19.7. The highest BCUT2D eigenvalue weighted by Crippen LogP contribution is 2.27. The van der Waals surface area contributed by atoms with Crippen molar-refractivity contribution in [2.45, 2.75) is 20.0 Å². The molecule has 0 amide bonds. The number of halogens is 2. The van der Waals surface area contributed by atoms with E-state index in [0.717, 1.165) is 15.8 Å². The van der Waals surface area contributed by atoms with Crippen molar-refractivity contribution in [1.29, 1.82) is 0 Å². The third kappa shape index (κ3) is 4.10. The molecule has 0 saturated carbocycles. The van der Waals surface area contributed by atoms with Crippen molar-refractivity contribution >= 4 is 43.5 Å². The summed E-state index contributed by atoms with van der Waals surface area (Å²) in [6.07, 6.45) is 0. The quantitative estimate of drug-likeness (QED) is 0.597. The fraction of sp³-hybridized carbons (Fsp3) is 0.278. The number of ether oxygens (including phenoxy) is 1. The van der Waals surface area contributed by atoms with Crippen LogP contribution in [0, 0.1) is 12.7 Å². The number of aromatic amines is 1. The summed E-state index contributed by atoms with van der Waals surface area (Å²) in [6, 6.07) is 4.77. The van der Waals surface area contributed by atoms with E-state index in [1.54, 1.807) is 19.1 Å². The number of fused-ring (bicyclic) bond motifs is 1. The number of carbonyl (C=O) groups is 1. The summed E-state index contributed by atoms with van der Waals surface area (Å²) in [5.74, 6) is -0.333. The van der Waals surface area contributed by atoms with Gasteiger partial charge in [0.15, 0.2) is 0 Å². The lowest BCUT2D eigenvalue weighted by Gasteiger charge is -2.16. The lowest BCUT2D eigenvalue weighted by molar-refractivity contribution is 0.0605. The molecule has 0 saturated heterocycles. The molecule has 2 aromatic heterocycles.